The van der Waals surface area contributed by atoms with Gasteiger partial charge in [-0.15, -0.1) is 0 Å². The van der Waals surface area contributed by atoms with E-state index in [-0.39, 0.29) is 18.5 Å². The highest BCUT2D eigenvalue weighted by atomic mass is 16.6. The van der Waals surface area contributed by atoms with Gasteiger partial charge in [-0.1, -0.05) is 308 Å². The van der Waals surface area contributed by atoms with Crippen LogP contribution in [0.3, 0.4) is 0 Å². The smallest absolute Gasteiger partial charge is 0.306 e. The predicted molar refractivity (Wildman–Crippen MR) is 316 cm³/mol. The number of carbonyl (C=O) groups is 2. The molecule has 0 rings (SSSR count). The lowest BCUT2D eigenvalue weighted by molar-refractivity contribution is -0.163. The number of ether oxygens (including phenoxy) is 3. The van der Waals surface area contributed by atoms with Crippen LogP contribution in [-0.2, 0) is 23.8 Å². The molecule has 0 spiro atoms. The van der Waals surface area contributed by atoms with Crippen molar-refractivity contribution in [3.05, 3.63) is 24.3 Å². The summed E-state index contributed by atoms with van der Waals surface area (Å²) in [4.78, 5) is 25.6. The summed E-state index contributed by atoms with van der Waals surface area (Å²) in [6.07, 6.45) is 77.9. The van der Waals surface area contributed by atoms with Crippen LogP contribution in [0.4, 0.5) is 0 Å². The van der Waals surface area contributed by atoms with E-state index in [0.29, 0.717) is 26.1 Å². The second-order valence-corrected chi connectivity index (χ2v) is 22.4. The first-order valence-corrected chi connectivity index (χ1v) is 32.9. The molecule has 0 aromatic heterocycles. The zero-order chi connectivity index (χ0) is 52.0. The molecule has 0 aliphatic heterocycles. The molecule has 0 amide bonds. The zero-order valence-electron chi connectivity index (χ0n) is 49.2. The average Bonchev–Trinajstić information content (AvgIpc) is 3.38. The Labute approximate surface area is 451 Å². The lowest BCUT2D eigenvalue weighted by Crippen LogP contribution is -2.30. The standard InChI is InChI=1S/C67H128O5/c1-4-7-10-13-16-19-22-25-28-31-33-35-38-41-44-47-50-53-56-59-62-70-63-65(72-67(69)61-58-55-52-49-46-43-40-36-30-27-24-21-18-15-12-9-6-3)64-71-66(68)60-57-54-51-48-45-42-39-37-34-32-29-26-23-20-17-14-11-8-5-2/h25-26,28-29,65H,4-24,27,30-64H2,1-3H3/b28-25-,29-26-. The molecule has 0 N–H and O–H groups in total. The molecule has 1 unspecified atom stereocenters. The Balaban J connectivity index is 4.21. The van der Waals surface area contributed by atoms with Crippen LogP contribution in [0.2, 0.25) is 0 Å². The van der Waals surface area contributed by atoms with E-state index in [4.69, 9.17) is 14.2 Å². The third kappa shape index (κ3) is 60.9. The summed E-state index contributed by atoms with van der Waals surface area (Å²) in [5.41, 5.74) is 0. The van der Waals surface area contributed by atoms with Crippen LogP contribution >= 0.6 is 0 Å². The summed E-state index contributed by atoms with van der Waals surface area (Å²) in [7, 11) is 0. The van der Waals surface area contributed by atoms with Gasteiger partial charge in [0.15, 0.2) is 6.10 Å². The van der Waals surface area contributed by atoms with Crippen LogP contribution in [0.25, 0.3) is 0 Å². The minimum atomic E-state index is -0.533. The number of hydrogen-bond acceptors (Lipinski definition) is 5. The Morgan fingerprint density at radius 2 is 0.542 bits per heavy atom. The Kier molecular flexibility index (Phi) is 62.2. The van der Waals surface area contributed by atoms with E-state index < -0.39 is 6.10 Å². The van der Waals surface area contributed by atoms with Crippen molar-refractivity contribution < 1.29 is 23.8 Å². The molecule has 0 bridgehead atoms. The Morgan fingerprint density at radius 3 is 0.847 bits per heavy atom. The molecule has 0 aliphatic carbocycles. The molecule has 426 valence electrons. The monoisotopic (exact) mass is 1010 g/mol. The van der Waals surface area contributed by atoms with Gasteiger partial charge < -0.3 is 14.2 Å². The molecule has 5 heteroatoms. The lowest BCUT2D eigenvalue weighted by atomic mass is 10.0. The van der Waals surface area contributed by atoms with Crippen molar-refractivity contribution in [2.24, 2.45) is 0 Å². The Hall–Kier alpha value is -1.62. The highest BCUT2D eigenvalue weighted by Crippen LogP contribution is 2.18. The molecule has 72 heavy (non-hydrogen) atoms. The molecule has 0 aliphatic rings. The van der Waals surface area contributed by atoms with Gasteiger partial charge in [-0.05, 0) is 70.6 Å². The second-order valence-electron chi connectivity index (χ2n) is 22.4. The van der Waals surface area contributed by atoms with Crippen molar-refractivity contribution in [2.75, 3.05) is 19.8 Å². The van der Waals surface area contributed by atoms with Gasteiger partial charge in [0.25, 0.3) is 0 Å². The van der Waals surface area contributed by atoms with Crippen LogP contribution in [-0.4, -0.2) is 37.9 Å². The van der Waals surface area contributed by atoms with E-state index in [9.17, 15) is 9.59 Å². The molecular weight excluding hydrogens is 885 g/mol. The minimum Gasteiger partial charge on any atom is -0.462 e. The number of allylic oxidation sites excluding steroid dienone is 4. The van der Waals surface area contributed by atoms with E-state index in [0.717, 1.165) is 32.1 Å². The molecule has 0 heterocycles. The van der Waals surface area contributed by atoms with Crippen LogP contribution in [0.1, 0.15) is 367 Å². The number of rotatable bonds is 62. The van der Waals surface area contributed by atoms with Crippen LogP contribution < -0.4 is 0 Å². The van der Waals surface area contributed by atoms with E-state index >= 15 is 0 Å². The minimum absolute atomic E-state index is 0.0918. The topological polar surface area (TPSA) is 61.8 Å². The van der Waals surface area contributed by atoms with Gasteiger partial charge in [-0.2, -0.15) is 0 Å². The molecule has 0 aromatic carbocycles. The summed E-state index contributed by atoms with van der Waals surface area (Å²) in [5.74, 6) is -0.372. The zero-order valence-corrected chi connectivity index (χ0v) is 49.2. The molecule has 1 atom stereocenters. The number of esters is 2. The quantitative estimate of drug-likeness (QED) is 0.0345. The highest BCUT2D eigenvalue weighted by molar-refractivity contribution is 5.70. The van der Waals surface area contributed by atoms with Crippen molar-refractivity contribution in [2.45, 2.75) is 374 Å². The number of hydrogen-bond donors (Lipinski definition) is 0. The SMILES string of the molecule is CCCCCCCC/C=C\CCCCCCCCCCCCOCC(COC(=O)CCCCCCCCCCC/C=C\CCCCCCCC)OC(=O)CCCCCCCCCCCCCCCCCCC. The van der Waals surface area contributed by atoms with Crippen molar-refractivity contribution in [3.8, 4) is 0 Å². The van der Waals surface area contributed by atoms with Gasteiger partial charge in [0.2, 0.25) is 0 Å². The fraction of sp³-hybridized carbons (Fsp3) is 0.910. The summed E-state index contributed by atoms with van der Waals surface area (Å²) < 4.78 is 17.6. The second kappa shape index (κ2) is 63.7. The predicted octanol–water partition coefficient (Wildman–Crippen LogP) is 22.7. The summed E-state index contributed by atoms with van der Waals surface area (Å²) in [5, 5.41) is 0. The van der Waals surface area contributed by atoms with Gasteiger partial charge in [-0.25, -0.2) is 0 Å². The first-order valence-electron chi connectivity index (χ1n) is 32.9. The largest absolute Gasteiger partial charge is 0.462 e. The fourth-order valence-electron chi connectivity index (χ4n) is 10.0. The third-order valence-corrected chi connectivity index (χ3v) is 15.0. The van der Waals surface area contributed by atoms with Crippen molar-refractivity contribution in [1.82, 2.24) is 0 Å². The molecule has 0 saturated carbocycles. The van der Waals surface area contributed by atoms with Crippen molar-refractivity contribution >= 4 is 11.9 Å². The van der Waals surface area contributed by atoms with Crippen LogP contribution in [0.5, 0.6) is 0 Å². The number of carbonyl (C=O) groups excluding carboxylic acids is 2. The van der Waals surface area contributed by atoms with E-state index in [1.165, 1.54) is 302 Å². The molecule has 0 saturated heterocycles. The fourth-order valence-corrected chi connectivity index (χ4v) is 10.0. The Bertz CT molecular complexity index is 1100. The van der Waals surface area contributed by atoms with Gasteiger partial charge in [-0.3, -0.25) is 9.59 Å². The average molecular weight is 1010 g/mol. The Morgan fingerprint density at radius 1 is 0.292 bits per heavy atom. The first-order chi connectivity index (χ1) is 35.6. The molecular formula is C67H128O5. The highest BCUT2D eigenvalue weighted by Gasteiger charge is 2.18. The molecule has 5 nitrogen and oxygen atoms in total. The third-order valence-electron chi connectivity index (χ3n) is 15.0. The van der Waals surface area contributed by atoms with E-state index in [1.807, 2.05) is 0 Å². The molecule has 0 radical (unpaired) electrons. The summed E-state index contributed by atoms with van der Waals surface area (Å²) >= 11 is 0. The lowest BCUT2D eigenvalue weighted by Gasteiger charge is -2.18. The van der Waals surface area contributed by atoms with Crippen LogP contribution in [0, 0.1) is 0 Å². The van der Waals surface area contributed by atoms with Crippen molar-refractivity contribution in [1.29, 1.82) is 0 Å². The van der Waals surface area contributed by atoms with Gasteiger partial charge in [0.1, 0.15) is 6.61 Å². The number of unbranched alkanes of at least 4 members (excludes halogenated alkanes) is 47. The van der Waals surface area contributed by atoms with Crippen molar-refractivity contribution in [3.63, 3.8) is 0 Å². The maximum Gasteiger partial charge on any atom is 0.306 e. The van der Waals surface area contributed by atoms with Gasteiger partial charge in [0, 0.05) is 19.4 Å². The molecule has 0 fully saturated rings. The first kappa shape index (κ1) is 70.4. The van der Waals surface area contributed by atoms with Crippen LogP contribution in [0.15, 0.2) is 24.3 Å². The maximum absolute atomic E-state index is 12.9. The summed E-state index contributed by atoms with van der Waals surface area (Å²) in [6.45, 7) is 7.91. The van der Waals surface area contributed by atoms with Gasteiger partial charge >= 0.3 is 11.9 Å². The van der Waals surface area contributed by atoms with Gasteiger partial charge in [0.05, 0.1) is 6.61 Å². The maximum atomic E-state index is 12.9. The summed E-state index contributed by atoms with van der Waals surface area (Å²) in [6, 6.07) is 0. The normalized spacial score (nSPS) is 12.2. The van der Waals surface area contributed by atoms with E-state index in [2.05, 4.69) is 45.1 Å². The molecule has 0 aromatic rings. The van der Waals surface area contributed by atoms with E-state index in [1.54, 1.807) is 0 Å².